The van der Waals surface area contributed by atoms with Gasteiger partial charge in [0, 0.05) is 48.5 Å². The second-order valence-electron chi connectivity index (χ2n) is 10.2. The summed E-state index contributed by atoms with van der Waals surface area (Å²) in [5, 5.41) is 13.3. The molecule has 7 atom stereocenters. The van der Waals surface area contributed by atoms with Crippen LogP contribution >= 0.6 is 11.8 Å². The van der Waals surface area contributed by atoms with E-state index >= 15 is 0 Å². The highest BCUT2D eigenvalue weighted by Crippen LogP contribution is 2.53. The zero-order valence-electron chi connectivity index (χ0n) is 20.2. The molecule has 0 bridgehead atoms. The van der Waals surface area contributed by atoms with Gasteiger partial charge in [-0.25, -0.2) is 4.79 Å². The van der Waals surface area contributed by atoms with E-state index in [-0.39, 0.29) is 58.4 Å². The number of Topliss-reactive ketones (excluding diaryl/α,β-unsaturated/α-hetero) is 1. The van der Waals surface area contributed by atoms with Crippen LogP contribution in [0.5, 0.6) is 0 Å². The number of rotatable bonds is 9. The predicted molar refractivity (Wildman–Crippen MR) is 129 cm³/mol. The maximum absolute atomic E-state index is 13.0. The molecular formula is C24H36N4O5S. The number of β-lactam (4-membered cyclic amide) rings is 1. The van der Waals surface area contributed by atoms with E-state index in [0.717, 1.165) is 13.0 Å². The number of nitrogens with two attached hydrogens (primary N) is 1. The highest BCUT2D eigenvalue weighted by Gasteiger charge is 2.60. The lowest BCUT2D eigenvalue weighted by atomic mass is 9.73. The molecular weight excluding hydrogens is 456 g/mol. The van der Waals surface area contributed by atoms with Gasteiger partial charge in [0.2, 0.25) is 11.8 Å². The highest BCUT2D eigenvalue weighted by molar-refractivity contribution is 8.03. The minimum Gasteiger partial charge on any atom is -0.477 e. The standard InChI is InChI=1S/C24H36N4O5S/c1-4-15(29)7-12(2)18-19-13(3)21(20(24(32)33)28(19)23(18)31)34-16-8-17(26-10-16)22(30)27-6-5-14(9-25)11-27/h12-14,16-19,26H,4-11,25H2,1-3H3,(H,32,33)/t12-,13+,14+,16-,17-,18+,19+/m0/s1. The quantitative estimate of drug-likeness (QED) is 0.407. The van der Waals surface area contributed by atoms with Crippen molar-refractivity contribution in [3.05, 3.63) is 10.6 Å². The van der Waals surface area contributed by atoms with E-state index in [2.05, 4.69) is 5.32 Å². The Balaban J connectivity index is 1.43. The summed E-state index contributed by atoms with van der Waals surface area (Å²) in [7, 11) is 0. The molecule has 3 saturated heterocycles. The second-order valence-corrected chi connectivity index (χ2v) is 11.6. The lowest BCUT2D eigenvalue weighted by Gasteiger charge is -2.47. The molecule has 0 aromatic rings. The SMILES string of the molecule is CCC(=O)C[C@H](C)[C@H]1C(=O)N2C(C(=O)O)=C(S[C@@H]3CN[C@H](C(=O)N4CC[C@H](CN)C4)C3)[C@H](C)[C@H]12. The van der Waals surface area contributed by atoms with E-state index < -0.39 is 5.97 Å². The van der Waals surface area contributed by atoms with E-state index in [1.807, 2.05) is 25.7 Å². The topological polar surface area (TPSA) is 133 Å². The number of carboxylic acid groups (broad SMARTS) is 1. The number of nitrogens with zero attached hydrogens (tertiary/aromatic N) is 2. The number of carbonyl (C=O) groups is 4. The number of hydrogen-bond donors (Lipinski definition) is 3. The first-order chi connectivity index (χ1) is 16.2. The Morgan fingerprint density at radius 1 is 1.32 bits per heavy atom. The van der Waals surface area contributed by atoms with Crippen LogP contribution in [-0.2, 0) is 19.2 Å². The van der Waals surface area contributed by atoms with Crippen molar-refractivity contribution in [2.75, 3.05) is 26.2 Å². The monoisotopic (exact) mass is 492 g/mol. The van der Waals surface area contributed by atoms with Crippen LogP contribution in [-0.4, -0.2) is 82.0 Å². The summed E-state index contributed by atoms with van der Waals surface area (Å²) in [6.07, 6.45) is 2.34. The average molecular weight is 493 g/mol. The first-order valence-corrected chi connectivity index (χ1v) is 13.3. The largest absolute Gasteiger partial charge is 0.477 e. The summed E-state index contributed by atoms with van der Waals surface area (Å²) in [5.41, 5.74) is 5.84. The first kappa shape index (κ1) is 25.2. The van der Waals surface area contributed by atoms with E-state index in [4.69, 9.17) is 5.73 Å². The fourth-order valence-corrected chi connectivity index (χ4v) is 7.48. The lowest BCUT2D eigenvalue weighted by molar-refractivity contribution is -0.160. The first-order valence-electron chi connectivity index (χ1n) is 12.4. The Bertz CT molecular complexity index is 908. The molecule has 0 aliphatic carbocycles. The number of fused-ring (bicyclic) bond motifs is 1. The molecule has 4 heterocycles. The Hall–Kier alpha value is -1.91. The van der Waals surface area contributed by atoms with Gasteiger partial charge in [-0.05, 0) is 31.2 Å². The van der Waals surface area contributed by atoms with Gasteiger partial charge in [-0.2, -0.15) is 0 Å². The molecule has 10 heteroatoms. The molecule has 188 valence electrons. The van der Waals surface area contributed by atoms with Crippen LogP contribution < -0.4 is 11.1 Å². The van der Waals surface area contributed by atoms with Crippen LogP contribution in [0.4, 0.5) is 0 Å². The fourth-order valence-electron chi connectivity index (χ4n) is 6.00. The van der Waals surface area contributed by atoms with E-state index in [9.17, 15) is 24.3 Å². The molecule has 0 radical (unpaired) electrons. The number of likely N-dealkylation sites (tertiary alicyclic amines) is 1. The third-order valence-corrected chi connectivity index (χ3v) is 9.47. The molecule has 0 unspecified atom stereocenters. The molecule has 9 nitrogen and oxygen atoms in total. The number of carbonyl (C=O) groups excluding carboxylic acids is 3. The third kappa shape index (κ3) is 4.40. The number of nitrogens with one attached hydrogen (secondary N) is 1. The van der Waals surface area contributed by atoms with Gasteiger partial charge in [-0.1, -0.05) is 20.8 Å². The highest BCUT2D eigenvalue weighted by atomic mass is 32.2. The van der Waals surface area contributed by atoms with Crippen molar-refractivity contribution in [1.29, 1.82) is 0 Å². The van der Waals surface area contributed by atoms with Gasteiger partial charge in [0.05, 0.1) is 18.0 Å². The molecule has 0 spiro atoms. The zero-order chi connectivity index (χ0) is 24.7. The van der Waals surface area contributed by atoms with E-state index in [1.54, 1.807) is 0 Å². The molecule has 0 aromatic heterocycles. The summed E-state index contributed by atoms with van der Waals surface area (Å²) in [4.78, 5) is 54.1. The van der Waals surface area contributed by atoms with E-state index in [1.165, 1.54) is 16.7 Å². The Kier molecular flexibility index (Phi) is 7.40. The Labute approximate surface area is 204 Å². The fraction of sp³-hybridized carbons (Fsp3) is 0.750. The molecule has 2 amide bonds. The maximum Gasteiger partial charge on any atom is 0.353 e. The summed E-state index contributed by atoms with van der Waals surface area (Å²) < 4.78 is 0. The predicted octanol–water partition coefficient (Wildman–Crippen LogP) is 1.04. The minimum absolute atomic E-state index is 0.0556. The van der Waals surface area contributed by atoms with Crippen LogP contribution in [0.1, 0.15) is 46.5 Å². The van der Waals surface area contributed by atoms with Crippen molar-refractivity contribution < 1.29 is 24.3 Å². The number of ketones is 1. The van der Waals surface area contributed by atoms with Crippen molar-refractivity contribution in [2.24, 2.45) is 29.4 Å². The zero-order valence-corrected chi connectivity index (χ0v) is 21.0. The molecule has 4 aliphatic rings. The number of amides is 2. The lowest BCUT2D eigenvalue weighted by Crippen LogP contribution is -2.62. The van der Waals surface area contributed by atoms with Gasteiger partial charge in [0.1, 0.15) is 11.5 Å². The van der Waals surface area contributed by atoms with Gasteiger partial charge in [0.25, 0.3) is 0 Å². The molecule has 4 rings (SSSR count). The Morgan fingerprint density at radius 3 is 2.68 bits per heavy atom. The number of thioether (sulfide) groups is 1. The molecule has 0 saturated carbocycles. The van der Waals surface area contributed by atoms with Crippen molar-refractivity contribution in [2.45, 2.75) is 63.8 Å². The van der Waals surface area contributed by atoms with E-state index in [0.29, 0.717) is 49.7 Å². The number of aliphatic carboxylic acids is 1. The van der Waals surface area contributed by atoms with Gasteiger partial charge in [-0.3, -0.25) is 14.4 Å². The number of carboxylic acids is 1. The van der Waals surface area contributed by atoms with Crippen LogP contribution in [0.3, 0.4) is 0 Å². The van der Waals surface area contributed by atoms with Crippen LogP contribution in [0.15, 0.2) is 10.6 Å². The molecule has 3 fully saturated rings. The van der Waals surface area contributed by atoms with Crippen LogP contribution in [0.25, 0.3) is 0 Å². The average Bonchev–Trinajstić information content (AvgIpc) is 3.52. The molecule has 4 N–H and O–H groups in total. The number of hydrogen-bond acceptors (Lipinski definition) is 7. The van der Waals surface area contributed by atoms with Crippen molar-refractivity contribution >= 4 is 35.3 Å². The van der Waals surface area contributed by atoms with Crippen molar-refractivity contribution in [3.63, 3.8) is 0 Å². The van der Waals surface area contributed by atoms with Crippen molar-refractivity contribution in [1.82, 2.24) is 15.1 Å². The smallest absolute Gasteiger partial charge is 0.353 e. The minimum atomic E-state index is -1.09. The van der Waals surface area contributed by atoms with Gasteiger partial charge < -0.3 is 26.0 Å². The summed E-state index contributed by atoms with van der Waals surface area (Å²) >= 11 is 1.49. The van der Waals surface area contributed by atoms with Crippen molar-refractivity contribution in [3.8, 4) is 0 Å². The van der Waals surface area contributed by atoms with Crippen LogP contribution in [0, 0.1) is 23.7 Å². The van der Waals surface area contributed by atoms with Gasteiger partial charge in [0.15, 0.2) is 0 Å². The molecule has 0 aromatic carbocycles. The van der Waals surface area contributed by atoms with Gasteiger partial charge in [-0.15, -0.1) is 11.8 Å². The maximum atomic E-state index is 13.0. The third-order valence-electron chi connectivity index (χ3n) is 7.96. The summed E-state index contributed by atoms with van der Waals surface area (Å²) in [6.45, 7) is 8.35. The Morgan fingerprint density at radius 2 is 2.06 bits per heavy atom. The molecule has 34 heavy (non-hydrogen) atoms. The van der Waals surface area contributed by atoms with Gasteiger partial charge >= 0.3 is 5.97 Å². The second kappa shape index (κ2) is 9.99. The summed E-state index contributed by atoms with van der Waals surface area (Å²) in [6, 6.07) is -0.489. The summed E-state index contributed by atoms with van der Waals surface area (Å²) in [5.74, 6) is -1.27. The normalized spacial score (nSPS) is 33.8. The molecule has 4 aliphatic heterocycles. The van der Waals surface area contributed by atoms with Crippen LogP contribution in [0.2, 0.25) is 0 Å².